The fourth-order valence-corrected chi connectivity index (χ4v) is 6.24. The van der Waals surface area contributed by atoms with Crippen molar-refractivity contribution >= 4 is 55.7 Å². The van der Waals surface area contributed by atoms with E-state index in [2.05, 4.69) is 64.5 Å². The maximum absolute atomic E-state index is 12.9. The molecular formula is C23H25N5O2S3. The molecule has 10 heteroatoms. The third-order valence-electron chi connectivity index (χ3n) is 5.20. The van der Waals surface area contributed by atoms with E-state index in [1.54, 1.807) is 18.7 Å². The molecule has 0 radical (unpaired) electrons. The number of aromatic amines is 1. The highest BCUT2D eigenvalue weighted by molar-refractivity contribution is 7.98. The van der Waals surface area contributed by atoms with Crippen molar-refractivity contribution in [2.24, 2.45) is 0 Å². The largest absolute Gasteiger partial charge is 0.309 e. The number of aromatic nitrogens is 4. The van der Waals surface area contributed by atoms with Crippen molar-refractivity contribution in [1.29, 1.82) is 0 Å². The summed E-state index contributed by atoms with van der Waals surface area (Å²) in [6.07, 6.45) is 2.97. The number of carbonyl (C=O) groups excluding carboxylic acids is 1. The summed E-state index contributed by atoms with van der Waals surface area (Å²) in [7, 11) is 0. The third kappa shape index (κ3) is 5.34. The van der Waals surface area contributed by atoms with Crippen molar-refractivity contribution in [2.45, 2.75) is 57.6 Å². The second kappa shape index (κ2) is 10.1. The molecular weight excluding hydrogens is 474 g/mol. The summed E-state index contributed by atoms with van der Waals surface area (Å²) < 4.78 is 0. The summed E-state index contributed by atoms with van der Waals surface area (Å²) in [5, 5.41) is 12.9. The Kier molecular flexibility index (Phi) is 7.26. The SMILES string of the molecule is CCCCc1nnc(NC(=O)c2sc3nc(CSc4cc(C)ccc4C)[nH]c(=O)c3c2C)s1. The van der Waals surface area contributed by atoms with Crippen LogP contribution >= 0.6 is 34.4 Å². The zero-order valence-electron chi connectivity index (χ0n) is 18.9. The first kappa shape index (κ1) is 23.6. The van der Waals surface area contributed by atoms with Gasteiger partial charge in [-0.2, -0.15) is 0 Å². The predicted octanol–water partition coefficient (Wildman–Crippen LogP) is 5.65. The Balaban J connectivity index is 1.54. The van der Waals surface area contributed by atoms with Crippen molar-refractivity contribution in [3.8, 4) is 0 Å². The maximum Gasteiger partial charge on any atom is 0.267 e. The van der Waals surface area contributed by atoms with Crippen LogP contribution in [0.4, 0.5) is 5.13 Å². The van der Waals surface area contributed by atoms with Gasteiger partial charge in [0.25, 0.3) is 11.5 Å². The van der Waals surface area contributed by atoms with E-state index in [0.29, 0.717) is 37.4 Å². The van der Waals surface area contributed by atoms with Crippen LogP contribution < -0.4 is 10.9 Å². The Morgan fingerprint density at radius 3 is 2.79 bits per heavy atom. The van der Waals surface area contributed by atoms with E-state index in [1.807, 2.05) is 0 Å². The predicted molar refractivity (Wildman–Crippen MR) is 137 cm³/mol. The number of unbranched alkanes of at least 4 members (excludes halogenated alkanes) is 1. The Morgan fingerprint density at radius 2 is 2.00 bits per heavy atom. The van der Waals surface area contributed by atoms with Gasteiger partial charge in [0.2, 0.25) is 5.13 Å². The number of carbonyl (C=O) groups is 1. The summed E-state index contributed by atoms with van der Waals surface area (Å²) in [6, 6.07) is 6.31. The molecule has 4 rings (SSSR count). The number of thiophene rings is 1. The number of benzene rings is 1. The zero-order chi connectivity index (χ0) is 23.5. The standard InChI is InChI=1S/C23H25N5O2S3/c1-5-6-7-17-27-28-23(32-17)26-21(30)19-14(4)18-20(29)24-16(25-22(18)33-19)11-31-15-10-12(2)8-9-13(15)3/h8-10H,5-7,11H2,1-4H3,(H,24,25,29)(H,26,28,30). The number of aryl methyl sites for hydroxylation is 4. The summed E-state index contributed by atoms with van der Waals surface area (Å²) >= 11 is 4.25. The first-order valence-electron chi connectivity index (χ1n) is 10.7. The molecule has 0 aliphatic heterocycles. The number of nitrogens with one attached hydrogen (secondary N) is 2. The molecule has 0 bridgehead atoms. The molecule has 2 N–H and O–H groups in total. The van der Waals surface area contributed by atoms with Gasteiger partial charge in [-0.3, -0.25) is 14.9 Å². The number of anilines is 1. The van der Waals surface area contributed by atoms with E-state index in [0.717, 1.165) is 29.2 Å². The van der Waals surface area contributed by atoms with Gasteiger partial charge in [0.15, 0.2) is 0 Å². The minimum Gasteiger partial charge on any atom is -0.309 e. The first-order valence-corrected chi connectivity index (χ1v) is 13.3. The van der Waals surface area contributed by atoms with Crippen molar-refractivity contribution in [3.63, 3.8) is 0 Å². The number of amides is 1. The molecule has 3 heterocycles. The lowest BCUT2D eigenvalue weighted by Gasteiger charge is -2.06. The average molecular weight is 500 g/mol. The van der Waals surface area contributed by atoms with Gasteiger partial charge in [-0.25, -0.2) is 4.98 Å². The van der Waals surface area contributed by atoms with E-state index in [9.17, 15) is 9.59 Å². The van der Waals surface area contributed by atoms with Gasteiger partial charge in [0.05, 0.1) is 16.0 Å². The molecule has 1 aromatic carbocycles. The molecule has 0 aliphatic rings. The number of nitrogens with zero attached hydrogens (tertiary/aromatic N) is 3. The second-order valence-corrected chi connectivity index (χ2v) is 10.9. The van der Waals surface area contributed by atoms with E-state index < -0.39 is 0 Å². The molecule has 7 nitrogen and oxygen atoms in total. The smallest absolute Gasteiger partial charge is 0.267 e. The summed E-state index contributed by atoms with van der Waals surface area (Å²) in [5.41, 5.74) is 2.79. The quantitative estimate of drug-likeness (QED) is 0.304. The van der Waals surface area contributed by atoms with Crippen LogP contribution in [-0.4, -0.2) is 26.1 Å². The molecule has 0 saturated carbocycles. The van der Waals surface area contributed by atoms with Gasteiger partial charge >= 0.3 is 0 Å². The molecule has 4 aromatic rings. The average Bonchev–Trinajstić information content (AvgIpc) is 3.37. The fourth-order valence-electron chi connectivity index (χ4n) is 3.37. The fraction of sp³-hybridized carbons (Fsp3) is 0.348. The summed E-state index contributed by atoms with van der Waals surface area (Å²) in [6.45, 7) is 8.03. The van der Waals surface area contributed by atoms with Crippen LogP contribution in [0.5, 0.6) is 0 Å². The lowest BCUT2D eigenvalue weighted by atomic mass is 10.2. The van der Waals surface area contributed by atoms with Gasteiger partial charge in [0.1, 0.15) is 15.7 Å². The molecule has 3 aromatic heterocycles. The molecule has 0 atom stereocenters. The third-order valence-corrected chi connectivity index (χ3v) is 8.45. The van der Waals surface area contributed by atoms with E-state index in [-0.39, 0.29) is 11.5 Å². The minimum absolute atomic E-state index is 0.220. The lowest BCUT2D eigenvalue weighted by molar-refractivity contribution is 0.103. The number of fused-ring (bicyclic) bond motifs is 1. The topological polar surface area (TPSA) is 101 Å². The van der Waals surface area contributed by atoms with Crippen LogP contribution in [-0.2, 0) is 12.2 Å². The first-order chi connectivity index (χ1) is 15.9. The lowest BCUT2D eigenvalue weighted by Crippen LogP contribution is -2.13. The molecule has 0 aliphatic carbocycles. The highest BCUT2D eigenvalue weighted by Crippen LogP contribution is 2.30. The molecule has 0 fully saturated rings. The van der Waals surface area contributed by atoms with Gasteiger partial charge in [-0.15, -0.1) is 33.3 Å². The van der Waals surface area contributed by atoms with Crippen LogP contribution in [0.3, 0.4) is 0 Å². The van der Waals surface area contributed by atoms with Crippen LogP contribution in [0.15, 0.2) is 27.9 Å². The van der Waals surface area contributed by atoms with Crippen LogP contribution in [0, 0.1) is 20.8 Å². The van der Waals surface area contributed by atoms with E-state index >= 15 is 0 Å². The van der Waals surface area contributed by atoms with Crippen LogP contribution in [0.1, 0.15) is 57.0 Å². The molecule has 0 unspecified atom stereocenters. The number of rotatable bonds is 8. The van der Waals surface area contributed by atoms with Gasteiger partial charge in [0, 0.05) is 11.3 Å². The number of hydrogen-bond donors (Lipinski definition) is 2. The molecule has 1 amide bonds. The maximum atomic E-state index is 12.9. The van der Waals surface area contributed by atoms with Gasteiger partial charge < -0.3 is 4.98 Å². The Bertz CT molecular complexity index is 1370. The van der Waals surface area contributed by atoms with Gasteiger partial charge in [-0.05, 0) is 44.4 Å². The van der Waals surface area contributed by atoms with Gasteiger partial charge in [-0.1, -0.05) is 42.4 Å². The number of H-pyrrole nitrogens is 1. The molecule has 0 saturated heterocycles. The van der Waals surface area contributed by atoms with Crippen LogP contribution in [0.25, 0.3) is 10.2 Å². The second-order valence-electron chi connectivity index (χ2n) is 7.87. The number of hydrogen-bond acceptors (Lipinski definition) is 8. The highest BCUT2D eigenvalue weighted by Gasteiger charge is 2.20. The Hall–Kier alpha value is -2.56. The van der Waals surface area contributed by atoms with Crippen molar-refractivity contribution in [3.05, 3.63) is 61.0 Å². The van der Waals surface area contributed by atoms with E-state index in [1.165, 1.54) is 33.8 Å². The monoisotopic (exact) mass is 499 g/mol. The molecule has 0 spiro atoms. The van der Waals surface area contributed by atoms with Crippen molar-refractivity contribution < 1.29 is 4.79 Å². The van der Waals surface area contributed by atoms with Crippen LogP contribution in [0.2, 0.25) is 0 Å². The number of thioether (sulfide) groups is 1. The normalized spacial score (nSPS) is 11.3. The van der Waals surface area contributed by atoms with Crippen molar-refractivity contribution in [2.75, 3.05) is 5.32 Å². The molecule has 172 valence electrons. The van der Waals surface area contributed by atoms with Crippen molar-refractivity contribution in [1.82, 2.24) is 20.2 Å². The minimum atomic E-state index is -0.292. The Labute approximate surface area is 204 Å². The summed E-state index contributed by atoms with van der Waals surface area (Å²) in [4.78, 5) is 35.4. The highest BCUT2D eigenvalue weighted by atomic mass is 32.2. The molecule has 33 heavy (non-hydrogen) atoms. The van der Waals surface area contributed by atoms with E-state index in [4.69, 9.17) is 0 Å². The summed E-state index contributed by atoms with van der Waals surface area (Å²) in [5.74, 6) is 0.843. The Morgan fingerprint density at radius 1 is 1.18 bits per heavy atom. The zero-order valence-corrected chi connectivity index (χ0v) is 21.4.